The van der Waals surface area contributed by atoms with Gasteiger partial charge < -0.3 is 0 Å². The molecule has 0 nitrogen and oxygen atoms in total. The molecule has 0 amide bonds. The van der Waals surface area contributed by atoms with Crippen LogP contribution < -0.4 is 20.7 Å². The lowest BCUT2D eigenvalue weighted by molar-refractivity contribution is 1.49. The van der Waals surface area contributed by atoms with Crippen molar-refractivity contribution in [2.24, 2.45) is 0 Å². The third-order valence-electron chi connectivity index (χ3n) is 7.21. The van der Waals surface area contributed by atoms with Crippen molar-refractivity contribution < 1.29 is 0 Å². The molecule has 1 aliphatic rings. The highest BCUT2D eigenvalue weighted by atomic mass is 32.1. The molecule has 0 N–H and O–H groups in total. The summed E-state index contributed by atoms with van der Waals surface area (Å²) in [6.07, 6.45) is 0. The first-order valence-corrected chi connectivity index (χ1v) is 14.3. The van der Waals surface area contributed by atoms with Gasteiger partial charge in [-0.2, -0.15) is 0 Å². The third-order valence-corrected chi connectivity index (χ3v) is 13.2. The Bertz CT molecular complexity index is 1620. The molecular formula is C31H22SSi. The van der Waals surface area contributed by atoms with Crippen molar-refractivity contribution in [3.8, 4) is 11.1 Å². The largest absolute Gasteiger partial charge is 0.180 e. The highest BCUT2D eigenvalue weighted by Crippen LogP contribution is 2.42. The average Bonchev–Trinajstić information content (AvgIpc) is 3.38. The summed E-state index contributed by atoms with van der Waals surface area (Å²) in [5.74, 6) is 0. The van der Waals surface area contributed by atoms with Crippen LogP contribution in [0.4, 0.5) is 0 Å². The second-order valence-electron chi connectivity index (χ2n) is 8.99. The van der Waals surface area contributed by atoms with E-state index in [1.54, 1.807) is 0 Å². The van der Waals surface area contributed by atoms with Crippen LogP contribution in [0.2, 0.25) is 0 Å². The highest BCUT2D eigenvalue weighted by Gasteiger charge is 2.49. The Morgan fingerprint density at radius 2 is 1.21 bits per heavy atom. The Morgan fingerprint density at radius 1 is 0.576 bits per heavy atom. The Labute approximate surface area is 198 Å². The molecule has 0 bridgehead atoms. The molecule has 0 radical (unpaired) electrons. The van der Waals surface area contributed by atoms with E-state index in [1.165, 1.54) is 57.6 Å². The van der Waals surface area contributed by atoms with E-state index in [0.717, 1.165) is 0 Å². The summed E-state index contributed by atoms with van der Waals surface area (Å²) < 4.78 is 2.75. The Morgan fingerprint density at radius 3 is 1.94 bits per heavy atom. The summed E-state index contributed by atoms with van der Waals surface area (Å²) in [4.78, 5) is 0. The molecule has 6 aromatic rings. The van der Waals surface area contributed by atoms with Crippen molar-refractivity contribution in [2.75, 3.05) is 0 Å². The van der Waals surface area contributed by atoms with Crippen LogP contribution in [0.3, 0.4) is 0 Å². The van der Waals surface area contributed by atoms with Gasteiger partial charge in [-0.25, -0.2) is 0 Å². The van der Waals surface area contributed by atoms with Crippen LogP contribution in [-0.4, -0.2) is 8.07 Å². The van der Waals surface area contributed by atoms with E-state index in [2.05, 4.69) is 122 Å². The summed E-state index contributed by atoms with van der Waals surface area (Å²) >= 11 is 1.91. The van der Waals surface area contributed by atoms with E-state index in [0.29, 0.717) is 0 Å². The maximum absolute atomic E-state index is 2.45. The SMILES string of the molecule is Cc1ccc2c(c1)-c1c(ccc3sc4ccccc4c13)[Si]2(c1ccccc1)c1ccccc1. The van der Waals surface area contributed by atoms with Crippen LogP contribution >= 0.6 is 11.3 Å². The molecule has 156 valence electrons. The van der Waals surface area contributed by atoms with Gasteiger partial charge in [0.05, 0.1) is 0 Å². The number of thiophene rings is 1. The molecule has 0 saturated heterocycles. The van der Waals surface area contributed by atoms with Crippen molar-refractivity contribution in [1.82, 2.24) is 0 Å². The quantitative estimate of drug-likeness (QED) is 0.293. The van der Waals surface area contributed by atoms with E-state index >= 15 is 0 Å². The zero-order chi connectivity index (χ0) is 22.0. The first kappa shape index (κ1) is 19.0. The number of hydrogen-bond acceptors (Lipinski definition) is 1. The van der Waals surface area contributed by atoms with Crippen molar-refractivity contribution in [3.63, 3.8) is 0 Å². The molecule has 0 unspecified atom stereocenters. The zero-order valence-corrected chi connectivity index (χ0v) is 20.2. The average molecular weight is 455 g/mol. The van der Waals surface area contributed by atoms with Gasteiger partial charge in [0.1, 0.15) is 0 Å². The van der Waals surface area contributed by atoms with E-state index < -0.39 is 8.07 Å². The van der Waals surface area contributed by atoms with E-state index in [-0.39, 0.29) is 0 Å². The normalized spacial score (nSPS) is 13.8. The number of benzene rings is 5. The van der Waals surface area contributed by atoms with Crippen molar-refractivity contribution in [2.45, 2.75) is 6.92 Å². The van der Waals surface area contributed by atoms with Gasteiger partial charge in [-0.1, -0.05) is 109 Å². The Kier molecular flexibility index (Phi) is 4.05. The third kappa shape index (κ3) is 2.51. The number of hydrogen-bond donors (Lipinski definition) is 0. The van der Waals surface area contributed by atoms with Crippen molar-refractivity contribution in [1.29, 1.82) is 0 Å². The minimum absolute atomic E-state index is 1.32. The highest BCUT2D eigenvalue weighted by molar-refractivity contribution is 7.26. The van der Waals surface area contributed by atoms with Crippen LogP contribution in [0.15, 0.2) is 115 Å². The summed E-state index contributed by atoms with van der Waals surface area (Å²) in [6, 6.07) is 43.4. The fraction of sp³-hybridized carbons (Fsp3) is 0.0323. The van der Waals surface area contributed by atoms with Gasteiger partial charge in [0.25, 0.3) is 0 Å². The van der Waals surface area contributed by atoms with Gasteiger partial charge >= 0.3 is 0 Å². The molecule has 2 heterocycles. The molecule has 5 aromatic carbocycles. The zero-order valence-electron chi connectivity index (χ0n) is 18.4. The molecule has 2 heteroatoms. The standard InChI is InChI=1S/C31H22SSi/c1-21-16-18-28-25(20-21)31-29(19-17-27-30(31)24-14-8-9-15-26(24)32-27)33(28,22-10-4-2-5-11-22)23-12-6-3-7-13-23/h2-20H,1H3. The fourth-order valence-corrected chi connectivity index (χ4v) is 12.2. The minimum Gasteiger partial charge on any atom is -0.135 e. The molecule has 0 spiro atoms. The lowest BCUT2D eigenvalue weighted by Crippen LogP contribution is -2.72. The smallest absolute Gasteiger partial charge is 0.135 e. The van der Waals surface area contributed by atoms with Crippen LogP contribution in [0.25, 0.3) is 31.3 Å². The first-order chi connectivity index (χ1) is 16.3. The molecule has 0 aliphatic carbocycles. The topological polar surface area (TPSA) is 0 Å². The molecule has 7 rings (SSSR count). The first-order valence-electron chi connectivity index (χ1n) is 11.5. The van der Waals surface area contributed by atoms with Crippen LogP contribution in [0.1, 0.15) is 5.56 Å². The van der Waals surface area contributed by atoms with Crippen LogP contribution in [0.5, 0.6) is 0 Å². The van der Waals surface area contributed by atoms with Crippen molar-refractivity contribution in [3.05, 3.63) is 121 Å². The number of fused-ring (bicyclic) bond motifs is 7. The summed E-state index contributed by atoms with van der Waals surface area (Å²) in [7, 11) is -2.42. The van der Waals surface area contributed by atoms with E-state index in [9.17, 15) is 0 Å². The van der Waals surface area contributed by atoms with Gasteiger partial charge in [-0.05, 0) is 50.9 Å². The predicted molar refractivity (Wildman–Crippen MR) is 147 cm³/mol. The molecule has 33 heavy (non-hydrogen) atoms. The Hall–Kier alpha value is -3.46. The summed E-state index contributed by atoms with van der Waals surface area (Å²) in [5.41, 5.74) is 4.21. The molecule has 1 aromatic heterocycles. The Balaban J connectivity index is 1.74. The summed E-state index contributed by atoms with van der Waals surface area (Å²) in [6.45, 7) is 2.22. The second kappa shape index (κ2) is 7.02. The lowest BCUT2D eigenvalue weighted by Gasteiger charge is -2.31. The summed E-state index contributed by atoms with van der Waals surface area (Å²) in [5, 5.41) is 8.77. The van der Waals surface area contributed by atoms with E-state index in [4.69, 9.17) is 0 Å². The minimum atomic E-state index is -2.42. The molecule has 0 atom stereocenters. The van der Waals surface area contributed by atoms with Gasteiger partial charge in [-0.3, -0.25) is 0 Å². The maximum Gasteiger partial charge on any atom is 0.180 e. The second-order valence-corrected chi connectivity index (χ2v) is 13.8. The van der Waals surface area contributed by atoms with Crippen LogP contribution in [-0.2, 0) is 0 Å². The van der Waals surface area contributed by atoms with Gasteiger partial charge in [-0.15, -0.1) is 11.3 Å². The van der Waals surface area contributed by atoms with Gasteiger partial charge in [0, 0.05) is 20.2 Å². The predicted octanol–water partition coefficient (Wildman–Crippen LogP) is 5.72. The van der Waals surface area contributed by atoms with Gasteiger partial charge in [0.15, 0.2) is 8.07 Å². The molecule has 0 fully saturated rings. The molecule has 0 saturated carbocycles. The van der Waals surface area contributed by atoms with E-state index in [1.807, 2.05) is 11.3 Å². The lowest BCUT2D eigenvalue weighted by atomic mass is 9.98. The monoisotopic (exact) mass is 454 g/mol. The van der Waals surface area contributed by atoms with Crippen molar-refractivity contribution >= 4 is 60.3 Å². The maximum atomic E-state index is 2.45. The number of aryl methyl sites for hydroxylation is 1. The molecular weight excluding hydrogens is 432 g/mol. The van der Waals surface area contributed by atoms with Crippen LogP contribution in [0, 0.1) is 6.92 Å². The number of rotatable bonds is 2. The fourth-order valence-electron chi connectivity index (χ4n) is 5.91. The molecule has 1 aliphatic heterocycles. The van der Waals surface area contributed by atoms with Gasteiger partial charge in [0.2, 0.25) is 0 Å².